The Morgan fingerprint density at radius 1 is 1.08 bits per heavy atom. The molecule has 26 heavy (non-hydrogen) atoms. The Balaban J connectivity index is 2.11. The largest absolute Gasteiger partial charge is 0.496 e. The highest BCUT2D eigenvalue weighted by Gasteiger charge is 2.21. The van der Waals surface area contributed by atoms with Crippen LogP contribution in [0.15, 0.2) is 41.3 Å². The third kappa shape index (κ3) is 2.88. The maximum Gasteiger partial charge on any atom is 0.281 e. The van der Waals surface area contributed by atoms with Gasteiger partial charge in [-0.15, -0.1) is 0 Å². The number of rotatable bonds is 4. The van der Waals surface area contributed by atoms with Gasteiger partial charge in [-0.2, -0.15) is 0 Å². The van der Waals surface area contributed by atoms with Gasteiger partial charge >= 0.3 is 0 Å². The zero-order chi connectivity index (χ0) is 18.8. The van der Waals surface area contributed by atoms with E-state index in [4.69, 9.17) is 9.47 Å². The van der Waals surface area contributed by atoms with Crippen LogP contribution < -0.4 is 20.3 Å². The van der Waals surface area contributed by atoms with Crippen LogP contribution in [0.1, 0.15) is 21.6 Å². The van der Waals surface area contributed by atoms with Crippen molar-refractivity contribution >= 4 is 17.2 Å². The second-order valence-electron chi connectivity index (χ2n) is 5.75. The van der Waals surface area contributed by atoms with Crippen molar-refractivity contribution in [1.82, 2.24) is 9.38 Å². The van der Waals surface area contributed by atoms with Gasteiger partial charge in [0.15, 0.2) is 0 Å². The topological polar surface area (TPSA) is 81.9 Å². The van der Waals surface area contributed by atoms with E-state index in [9.17, 15) is 9.59 Å². The minimum atomic E-state index is -0.506. The van der Waals surface area contributed by atoms with Crippen LogP contribution in [0, 0.1) is 13.8 Å². The van der Waals surface area contributed by atoms with Crippen molar-refractivity contribution in [3.05, 3.63) is 63.7 Å². The quantitative estimate of drug-likeness (QED) is 0.780. The first-order valence-electron chi connectivity index (χ1n) is 7.98. The molecule has 0 bridgehead atoms. The summed E-state index contributed by atoms with van der Waals surface area (Å²) < 4.78 is 11.9. The Morgan fingerprint density at radius 2 is 1.73 bits per heavy atom. The maximum atomic E-state index is 12.8. The van der Waals surface area contributed by atoms with Crippen LogP contribution in [0.3, 0.4) is 0 Å². The standard InChI is InChI=1S/C19H19N3O4/c1-11-7-6-10-22-17(11)20-12(2)16(19(22)24)21-18(23)15-13(25-3)8-5-9-14(15)26-4/h5-10H,1-4H3,(H,21,23). The molecule has 3 rings (SSSR count). The van der Waals surface area contributed by atoms with Gasteiger partial charge in [0.25, 0.3) is 11.5 Å². The number of aromatic nitrogens is 2. The number of benzene rings is 1. The fraction of sp³-hybridized carbons (Fsp3) is 0.211. The smallest absolute Gasteiger partial charge is 0.281 e. The number of amides is 1. The highest BCUT2D eigenvalue weighted by Crippen LogP contribution is 2.29. The Morgan fingerprint density at radius 3 is 2.35 bits per heavy atom. The first-order valence-corrected chi connectivity index (χ1v) is 7.98. The van der Waals surface area contributed by atoms with E-state index in [0.29, 0.717) is 22.8 Å². The summed E-state index contributed by atoms with van der Waals surface area (Å²) in [5.41, 5.74) is 1.85. The Bertz CT molecular complexity index is 1030. The third-order valence-corrected chi connectivity index (χ3v) is 4.12. The molecule has 7 nitrogen and oxygen atoms in total. The number of nitrogens with one attached hydrogen (secondary N) is 1. The maximum absolute atomic E-state index is 12.8. The highest BCUT2D eigenvalue weighted by atomic mass is 16.5. The summed E-state index contributed by atoms with van der Waals surface area (Å²) in [5, 5.41) is 2.66. The molecule has 0 spiro atoms. The summed E-state index contributed by atoms with van der Waals surface area (Å²) in [5.74, 6) is 0.197. The SMILES string of the molecule is COc1cccc(OC)c1C(=O)Nc1c(C)nc2c(C)cccn2c1=O. The number of nitrogens with zero attached hydrogens (tertiary/aromatic N) is 2. The molecule has 1 aromatic carbocycles. The van der Waals surface area contributed by atoms with Gasteiger partial charge in [-0.25, -0.2) is 4.98 Å². The lowest BCUT2D eigenvalue weighted by molar-refractivity contribution is 0.102. The zero-order valence-corrected chi connectivity index (χ0v) is 15.0. The van der Waals surface area contributed by atoms with Crippen molar-refractivity contribution < 1.29 is 14.3 Å². The van der Waals surface area contributed by atoms with E-state index >= 15 is 0 Å². The Labute approximate surface area is 150 Å². The van der Waals surface area contributed by atoms with Crippen molar-refractivity contribution in [3.8, 4) is 11.5 Å². The Hall–Kier alpha value is -3.35. The van der Waals surface area contributed by atoms with E-state index < -0.39 is 5.91 Å². The van der Waals surface area contributed by atoms with Gasteiger partial charge in [-0.1, -0.05) is 12.1 Å². The van der Waals surface area contributed by atoms with E-state index in [-0.39, 0.29) is 16.8 Å². The predicted molar refractivity (Wildman–Crippen MR) is 98.4 cm³/mol. The van der Waals surface area contributed by atoms with E-state index in [1.54, 1.807) is 37.4 Å². The molecule has 1 N–H and O–H groups in total. The van der Waals surface area contributed by atoms with Crippen LogP contribution in [0.25, 0.3) is 5.65 Å². The number of carbonyl (C=O) groups is 1. The normalized spacial score (nSPS) is 10.6. The molecule has 7 heteroatoms. The molecule has 1 amide bonds. The summed E-state index contributed by atoms with van der Waals surface area (Å²) >= 11 is 0. The zero-order valence-electron chi connectivity index (χ0n) is 15.0. The summed E-state index contributed by atoms with van der Waals surface area (Å²) in [7, 11) is 2.93. The lowest BCUT2D eigenvalue weighted by Gasteiger charge is -2.14. The molecule has 0 aliphatic carbocycles. The third-order valence-electron chi connectivity index (χ3n) is 4.12. The minimum Gasteiger partial charge on any atom is -0.496 e. The highest BCUT2D eigenvalue weighted by molar-refractivity contribution is 6.08. The number of hydrogen-bond acceptors (Lipinski definition) is 5. The lowest BCUT2D eigenvalue weighted by Crippen LogP contribution is -2.25. The average Bonchev–Trinajstić information content (AvgIpc) is 2.65. The molecule has 134 valence electrons. The summed E-state index contributed by atoms with van der Waals surface area (Å²) in [6, 6.07) is 8.65. The first kappa shape index (κ1) is 17.5. The molecule has 0 saturated carbocycles. The second kappa shape index (κ2) is 6.87. The number of methoxy groups -OCH3 is 2. The van der Waals surface area contributed by atoms with Gasteiger partial charge in [0.05, 0.1) is 19.9 Å². The average molecular weight is 353 g/mol. The molecule has 3 aromatic rings. The molecule has 0 saturated heterocycles. The Kier molecular flexibility index (Phi) is 4.62. The molecule has 0 unspecified atom stereocenters. The van der Waals surface area contributed by atoms with E-state index in [1.165, 1.54) is 18.6 Å². The van der Waals surface area contributed by atoms with E-state index in [1.807, 2.05) is 13.0 Å². The summed E-state index contributed by atoms with van der Waals surface area (Å²) in [6.45, 7) is 3.56. The lowest BCUT2D eigenvalue weighted by atomic mass is 10.1. The van der Waals surface area contributed by atoms with E-state index in [0.717, 1.165) is 5.56 Å². The van der Waals surface area contributed by atoms with Gasteiger partial charge in [0.1, 0.15) is 28.4 Å². The molecule has 0 atom stereocenters. The molecule has 0 fully saturated rings. The van der Waals surface area contributed by atoms with Crippen LogP contribution in [-0.4, -0.2) is 29.5 Å². The molecule has 0 radical (unpaired) electrons. The van der Waals surface area contributed by atoms with Crippen molar-refractivity contribution in [2.75, 3.05) is 19.5 Å². The molecule has 2 heterocycles. The first-order chi connectivity index (χ1) is 12.5. The second-order valence-corrected chi connectivity index (χ2v) is 5.75. The van der Waals surface area contributed by atoms with Crippen LogP contribution in [0.2, 0.25) is 0 Å². The fourth-order valence-electron chi connectivity index (χ4n) is 2.80. The van der Waals surface area contributed by atoms with Gasteiger partial charge in [-0.3, -0.25) is 14.0 Å². The van der Waals surface area contributed by atoms with Gasteiger partial charge in [0, 0.05) is 6.20 Å². The van der Waals surface area contributed by atoms with Crippen LogP contribution in [0.4, 0.5) is 5.69 Å². The number of anilines is 1. The van der Waals surface area contributed by atoms with Gasteiger partial charge in [0.2, 0.25) is 0 Å². The van der Waals surface area contributed by atoms with E-state index in [2.05, 4.69) is 10.3 Å². The van der Waals surface area contributed by atoms with Crippen molar-refractivity contribution in [2.45, 2.75) is 13.8 Å². The molecule has 2 aromatic heterocycles. The van der Waals surface area contributed by atoms with Crippen molar-refractivity contribution in [2.24, 2.45) is 0 Å². The van der Waals surface area contributed by atoms with Gasteiger partial charge in [-0.05, 0) is 37.6 Å². The molecular formula is C19H19N3O4. The van der Waals surface area contributed by atoms with Gasteiger partial charge < -0.3 is 14.8 Å². The summed E-state index contributed by atoms with van der Waals surface area (Å²) in [4.78, 5) is 30.1. The predicted octanol–water partition coefficient (Wildman–Crippen LogP) is 2.58. The number of carbonyl (C=O) groups excluding carboxylic acids is 1. The van der Waals surface area contributed by atoms with Crippen molar-refractivity contribution in [3.63, 3.8) is 0 Å². The van der Waals surface area contributed by atoms with Crippen LogP contribution in [0.5, 0.6) is 11.5 Å². The monoisotopic (exact) mass is 353 g/mol. The van der Waals surface area contributed by atoms with Crippen LogP contribution >= 0.6 is 0 Å². The number of hydrogen-bond donors (Lipinski definition) is 1. The number of pyridine rings is 1. The molecule has 0 aliphatic rings. The number of aryl methyl sites for hydroxylation is 2. The number of fused-ring (bicyclic) bond motifs is 1. The number of ether oxygens (including phenoxy) is 2. The minimum absolute atomic E-state index is 0.117. The summed E-state index contributed by atoms with van der Waals surface area (Å²) in [6.07, 6.45) is 1.62. The molecular weight excluding hydrogens is 334 g/mol. The van der Waals surface area contributed by atoms with Crippen molar-refractivity contribution in [1.29, 1.82) is 0 Å². The van der Waals surface area contributed by atoms with Crippen LogP contribution in [-0.2, 0) is 0 Å². The molecule has 0 aliphatic heterocycles. The fourth-order valence-corrected chi connectivity index (χ4v) is 2.80.